The Bertz CT molecular complexity index is 458. The molecule has 1 N–H and O–H groups in total. The number of hydrogen-bond acceptors (Lipinski definition) is 4. The first kappa shape index (κ1) is 13.8. The van der Waals surface area contributed by atoms with Gasteiger partial charge in [0.05, 0.1) is 18.1 Å². The third kappa shape index (κ3) is 3.44. The molecule has 0 aromatic heterocycles. The summed E-state index contributed by atoms with van der Waals surface area (Å²) in [4.78, 5) is 10.8. The minimum atomic E-state index is -0.326. The molecule has 2 rings (SSSR count). The van der Waals surface area contributed by atoms with Crippen LogP contribution in [0.15, 0.2) is 18.2 Å². The van der Waals surface area contributed by atoms with E-state index in [-0.39, 0.29) is 10.6 Å². The summed E-state index contributed by atoms with van der Waals surface area (Å²) in [6.07, 6.45) is 3.15. The summed E-state index contributed by atoms with van der Waals surface area (Å²) in [7, 11) is 1.52. The van der Waals surface area contributed by atoms with Gasteiger partial charge >= 0.3 is 0 Å². The van der Waals surface area contributed by atoms with Crippen LogP contribution in [0.1, 0.15) is 25.3 Å². The van der Waals surface area contributed by atoms with Crippen molar-refractivity contribution in [1.29, 1.82) is 0 Å². The van der Waals surface area contributed by atoms with Crippen LogP contribution in [0, 0.1) is 16.0 Å². The Morgan fingerprint density at radius 1 is 1.53 bits per heavy atom. The maximum Gasteiger partial charge on any atom is 0.276 e. The number of methoxy groups -OCH3 is 1. The molecule has 19 heavy (non-hydrogen) atoms. The third-order valence-corrected chi connectivity index (χ3v) is 3.59. The highest BCUT2D eigenvalue weighted by molar-refractivity contribution is 5.46. The predicted molar refractivity (Wildman–Crippen MR) is 73.5 cm³/mol. The maximum absolute atomic E-state index is 11.1. The van der Waals surface area contributed by atoms with Gasteiger partial charge in [-0.3, -0.25) is 10.1 Å². The molecule has 0 amide bonds. The van der Waals surface area contributed by atoms with Crippen molar-refractivity contribution < 1.29 is 9.66 Å². The van der Waals surface area contributed by atoms with Crippen LogP contribution >= 0.6 is 0 Å². The molecule has 1 unspecified atom stereocenters. The van der Waals surface area contributed by atoms with Gasteiger partial charge in [0.25, 0.3) is 5.69 Å². The van der Waals surface area contributed by atoms with Gasteiger partial charge in [0.15, 0.2) is 0 Å². The molecule has 1 aromatic rings. The number of nitrogens with one attached hydrogen (secondary N) is 1. The van der Waals surface area contributed by atoms with Crippen LogP contribution in [0.2, 0.25) is 0 Å². The van der Waals surface area contributed by atoms with E-state index in [1.54, 1.807) is 6.07 Å². The summed E-state index contributed by atoms with van der Waals surface area (Å²) in [6.45, 7) is 2.96. The van der Waals surface area contributed by atoms with E-state index < -0.39 is 0 Å². The first-order chi connectivity index (χ1) is 9.15. The maximum atomic E-state index is 11.1. The van der Waals surface area contributed by atoms with Crippen molar-refractivity contribution in [2.24, 2.45) is 5.92 Å². The summed E-state index contributed by atoms with van der Waals surface area (Å²) < 4.78 is 5.05. The quantitative estimate of drug-likeness (QED) is 0.607. The molecule has 5 nitrogen and oxygen atoms in total. The Hall–Kier alpha value is -1.62. The van der Waals surface area contributed by atoms with Crippen molar-refractivity contribution in [1.82, 2.24) is 5.32 Å². The van der Waals surface area contributed by atoms with Gasteiger partial charge in [0.2, 0.25) is 0 Å². The highest BCUT2D eigenvalue weighted by atomic mass is 16.6. The normalized spacial score (nSPS) is 16.1. The summed E-state index contributed by atoms with van der Waals surface area (Å²) in [5.41, 5.74) is 0.937. The fourth-order valence-electron chi connectivity index (χ4n) is 2.42. The number of ether oxygens (including phenoxy) is 1. The van der Waals surface area contributed by atoms with Gasteiger partial charge in [0, 0.05) is 11.6 Å². The number of hydrogen-bond donors (Lipinski definition) is 1. The van der Waals surface area contributed by atoms with Gasteiger partial charge in [-0.25, -0.2) is 0 Å². The topological polar surface area (TPSA) is 64.4 Å². The molecule has 0 saturated heterocycles. The van der Waals surface area contributed by atoms with Gasteiger partial charge in [-0.2, -0.15) is 0 Å². The second kappa shape index (κ2) is 6.02. The number of nitro benzene ring substituents is 1. The number of rotatable bonds is 7. The van der Waals surface area contributed by atoms with E-state index in [1.807, 2.05) is 6.07 Å². The molecule has 1 fully saturated rings. The average Bonchev–Trinajstić information content (AvgIpc) is 3.22. The molecule has 0 bridgehead atoms. The van der Waals surface area contributed by atoms with Gasteiger partial charge in [0.1, 0.15) is 5.75 Å². The molecule has 1 aliphatic carbocycles. The first-order valence-electron chi connectivity index (χ1n) is 6.70. The average molecular weight is 264 g/mol. The molecule has 1 aliphatic rings. The minimum absolute atomic E-state index is 0.155. The van der Waals surface area contributed by atoms with Crippen LogP contribution in [0.25, 0.3) is 0 Å². The van der Waals surface area contributed by atoms with Crippen molar-refractivity contribution in [3.8, 4) is 5.75 Å². The largest absolute Gasteiger partial charge is 0.497 e. The predicted octanol–water partition coefficient (Wildman–Crippen LogP) is 2.53. The molecule has 0 heterocycles. The zero-order valence-electron chi connectivity index (χ0n) is 11.4. The van der Waals surface area contributed by atoms with Gasteiger partial charge in [-0.05, 0) is 43.9 Å². The van der Waals surface area contributed by atoms with Crippen LogP contribution in [0.5, 0.6) is 5.75 Å². The Morgan fingerprint density at radius 3 is 2.79 bits per heavy atom. The lowest BCUT2D eigenvalue weighted by molar-refractivity contribution is -0.385. The van der Waals surface area contributed by atoms with Crippen LogP contribution in [-0.2, 0) is 6.42 Å². The van der Waals surface area contributed by atoms with Crippen LogP contribution < -0.4 is 10.1 Å². The van der Waals surface area contributed by atoms with E-state index >= 15 is 0 Å². The Balaban J connectivity index is 2.20. The Labute approximate surface area is 113 Å². The molecule has 1 saturated carbocycles. The molecule has 0 aliphatic heterocycles. The lowest BCUT2D eigenvalue weighted by Crippen LogP contribution is -2.33. The summed E-state index contributed by atoms with van der Waals surface area (Å²) in [5, 5.41) is 14.6. The molecular weight excluding hydrogens is 244 g/mol. The monoisotopic (exact) mass is 264 g/mol. The van der Waals surface area contributed by atoms with Crippen molar-refractivity contribution in [2.75, 3.05) is 13.7 Å². The molecule has 1 aromatic carbocycles. The molecular formula is C14H20N2O3. The van der Waals surface area contributed by atoms with E-state index in [1.165, 1.54) is 26.0 Å². The van der Waals surface area contributed by atoms with Gasteiger partial charge in [-0.15, -0.1) is 0 Å². The lowest BCUT2D eigenvalue weighted by Gasteiger charge is -2.17. The highest BCUT2D eigenvalue weighted by Gasteiger charge is 2.32. The fraction of sp³-hybridized carbons (Fsp3) is 0.571. The third-order valence-electron chi connectivity index (χ3n) is 3.59. The highest BCUT2D eigenvalue weighted by Crippen LogP contribution is 2.35. The smallest absolute Gasteiger partial charge is 0.276 e. The van der Waals surface area contributed by atoms with Crippen LogP contribution in [-0.4, -0.2) is 24.6 Å². The van der Waals surface area contributed by atoms with Gasteiger partial charge < -0.3 is 10.1 Å². The minimum Gasteiger partial charge on any atom is -0.497 e. The lowest BCUT2D eigenvalue weighted by atomic mass is 10.0. The molecule has 1 atom stereocenters. The van der Waals surface area contributed by atoms with Crippen LogP contribution in [0.3, 0.4) is 0 Å². The number of benzene rings is 1. The summed E-state index contributed by atoms with van der Waals surface area (Å²) in [6, 6.07) is 5.45. The van der Waals surface area contributed by atoms with Gasteiger partial charge in [-0.1, -0.05) is 6.92 Å². The first-order valence-corrected chi connectivity index (χ1v) is 6.70. The number of nitrogens with zero attached hydrogens (tertiary/aromatic N) is 1. The van der Waals surface area contributed by atoms with Crippen molar-refractivity contribution >= 4 is 5.69 Å². The molecule has 0 spiro atoms. The second-order valence-corrected chi connectivity index (χ2v) is 4.96. The van der Waals surface area contributed by atoms with E-state index in [2.05, 4.69) is 12.2 Å². The Kier molecular flexibility index (Phi) is 4.37. The van der Waals surface area contributed by atoms with Crippen molar-refractivity contribution in [3.63, 3.8) is 0 Å². The molecule has 104 valence electrons. The summed E-state index contributed by atoms with van der Waals surface area (Å²) in [5.74, 6) is 1.20. The Morgan fingerprint density at radius 2 is 2.26 bits per heavy atom. The fourth-order valence-corrected chi connectivity index (χ4v) is 2.42. The van der Waals surface area contributed by atoms with E-state index in [4.69, 9.17) is 4.74 Å². The van der Waals surface area contributed by atoms with Crippen molar-refractivity contribution in [3.05, 3.63) is 33.9 Å². The zero-order chi connectivity index (χ0) is 13.8. The number of likely N-dealkylation sites (N-methyl/N-ethyl adjacent to an activating group) is 1. The standard InChI is InChI=1S/C14H20N2O3/c1-3-15-13(10-4-5-10)8-11-6-7-12(19-2)9-14(11)16(17)18/h6-7,9-10,13,15H,3-5,8H2,1-2H3. The number of nitro groups is 1. The summed E-state index contributed by atoms with van der Waals surface area (Å²) >= 11 is 0. The van der Waals surface area contributed by atoms with Crippen molar-refractivity contribution in [2.45, 2.75) is 32.2 Å². The van der Waals surface area contributed by atoms with Crippen LogP contribution in [0.4, 0.5) is 5.69 Å². The van der Waals surface area contributed by atoms with E-state index in [0.717, 1.165) is 12.1 Å². The zero-order valence-corrected chi connectivity index (χ0v) is 11.4. The molecule has 0 radical (unpaired) electrons. The van der Waals surface area contributed by atoms with E-state index in [0.29, 0.717) is 24.1 Å². The molecule has 5 heteroatoms. The SMILES string of the molecule is CCNC(Cc1ccc(OC)cc1[N+](=O)[O-])C1CC1. The van der Waals surface area contributed by atoms with E-state index in [9.17, 15) is 10.1 Å². The second-order valence-electron chi connectivity index (χ2n) is 4.96.